The molecule has 0 aliphatic rings. The fraction of sp³-hybridized carbons (Fsp3) is 0.143. The van der Waals surface area contributed by atoms with Crippen LogP contribution < -0.4 is 15.5 Å². The van der Waals surface area contributed by atoms with Crippen LogP contribution in [0.1, 0.15) is 16.8 Å². The van der Waals surface area contributed by atoms with E-state index in [2.05, 4.69) is 21.9 Å². The van der Waals surface area contributed by atoms with Crippen LogP contribution in [0.25, 0.3) is 5.69 Å². The number of benzene rings is 2. The van der Waals surface area contributed by atoms with Gasteiger partial charge in [0.2, 0.25) is 0 Å². The molecule has 0 aliphatic heterocycles. The van der Waals surface area contributed by atoms with Crippen molar-refractivity contribution >= 4 is 17.9 Å². The van der Waals surface area contributed by atoms with E-state index in [9.17, 15) is 4.79 Å². The van der Waals surface area contributed by atoms with Gasteiger partial charge in [-0.15, -0.1) is 0 Å². The Kier molecular flexibility index (Phi) is 5.56. The molecule has 138 valence electrons. The molecule has 0 saturated heterocycles. The molecule has 0 atom stereocenters. The van der Waals surface area contributed by atoms with Crippen molar-refractivity contribution in [3.8, 4) is 11.4 Å². The summed E-state index contributed by atoms with van der Waals surface area (Å²) >= 11 is 0. The normalized spacial score (nSPS) is 10.8. The molecule has 0 unspecified atom stereocenters. The average molecular weight is 362 g/mol. The largest absolute Gasteiger partial charge is 0.497 e. The Morgan fingerprint density at radius 1 is 1.07 bits per heavy atom. The molecule has 2 aromatic carbocycles. The van der Waals surface area contributed by atoms with Gasteiger partial charge >= 0.3 is 6.03 Å². The molecule has 0 saturated carbocycles. The molecular weight excluding hydrogens is 340 g/mol. The Labute approximate surface area is 158 Å². The zero-order valence-electron chi connectivity index (χ0n) is 15.6. The maximum atomic E-state index is 12.0. The lowest BCUT2D eigenvalue weighted by Crippen LogP contribution is -2.24. The lowest BCUT2D eigenvalue weighted by Gasteiger charge is -2.08. The van der Waals surface area contributed by atoms with E-state index in [0.717, 1.165) is 33.9 Å². The van der Waals surface area contributed by atoms with Crippen molar-refractivity contribution in [1.82, 2.24) is 9.99 Å². The average Bonchev–Trinajstić information content (AvgIpc) is 3.09. The van der Waals surface area contributed by atoms with Crippen LogP contribution in [0.15, 0.2) is 65.9 Å². The third kappa shape index (κ3) is 4.76. The number of aryl methyl sites for hydroxylation is 2. The Morgan fingerprint density at radius 3 is 2.44 bits per heavy atom. The van der Waals surface area contributed by atoms with Gasteiger partial charge in [-0.3, -0.25) is 0 Å². The first-order chi connectivity index (χ1) is 13.0. The number of hydrogen-bond donors (Lipinski definition) is 2. The number of nitrogens with one attached hydrogen (secondary N) is 2. The number of anilines is 1. The number of aromatic nitrogens is 1. The van der Waals surface area contributed by atoms with Gasteiger partial charge in [0.25, 0.3) is 0 Å². The number of ether oxygens (including phenoxy) is 1. The third-order valence-electron chi connectivity index (χ3n) is 3.97. The van der Waals surface area contributed by atoms with Gasteiger partial charge in [0.05, 0.1) is 19.0 Å². The zero-order valence-corrected chi connectivity index (χ0v) is 15.6. The fourth-order valence-corrected chi connectivity index (χ4v) is 2.84. The van der Waals surface area contributed by atoms with Crippen LogP contribution in [0, 0.1) is 13.8 Å². The monoisotopic (exact) mass is 362 g/mol. The number of carbonyl (C=O) groups excluding carboxylic acids is 1. The first-order valence-corrected chi connectivity index (χ1v) is 8.55. The van der Waals surface area contributed by atoms with Crippen molar-refractivity contribution < 1.29 is 9.53 Å². The van der Waals surface area contributed by atoms with Crippen molar-refractivity contribution in [2.24, 2.45) is 5.10 Å². The van der Waals surface area contributed by atoms with Crippen LogP contribution >= 0.6 is 0 Å². The summed E-state index contributed by atoms with van der Waals surface area (Å²) in [4.78, 5) is 12.0. The summed E-state index contributed by atoms with van der Waals surface area (Å²) in [6.07, 6.45) is 3.53. The summed E-state index contributed by atoms with van der Waals surface area (Å²) in [5, 5.41) is 6.82. The minimum Gasteiger partial charge on any atom is -0.497 e. The predicted octanol–water partition coefficient (Wildman–Crippen LogP) is 4.26. The van der Waals surface area contributed by atoms with Crippen molar-refractivity contribution in [3.05, 3.63) is 77.6 Å². The molecule has 2 N–H and O–H groups in total. The van der Waals surface area contributed by atoms with Crippen LogP contribution in [-0.4, -0.2) is 23.9 Å². The molecule has 0 radical (unpaired) electrons. The van der Waals surface area contributed by atoms with E-state index < -0.39 is 0 Å². The van der Waals surface area contributed by atoms with Crippen molar-refractivity contribution in [1.29, 1.82) is 0 Å². The Bertz CT molecular complexity index is 938. The molecule has 1 aromatic heterocycles. The van der Waals surface area contributed by atoms with E-state index in [0.29, 0.717) is 0 Å². The van der Waals surface area contributed by atoms with Gasteiger partial charge in [-0.1, -0.05) is 6.07 Å². The minimum absolute atomic E-state index is 0.390. The standard InChI is InChI=1S/C21H22N4O2/c1-15-11-16(2)13-17(12-15)23-21(26)24-22-14-19-5-4-10-25(19)18-6-8-20(27-3)9-7-18/h4-14H,1-3H3,(H2,23,24,26)/b22-14+. The summed E-state index contributed by atoms with van der Waals surface area (Å²) in [5.74, 6) is 0.797. The van der Waals surface area contributed by atoms with E-state index in [1.54, 1.807) is 13.3 Å². The van der Waals surface area contributed by atoms with Crippen molar-refractivity contribution in [3.63, 3.8) is 0 Å². The molecule has 0 fully saturated rings. The molecule has 0 aliphatic carbocycles. The van der Waals surface area contributed by atoms with Gasteiger partial charge in [0.1, 0.15) is 5.75 Å². The van der Waals surface area contributed by atoms with E-state index in [4.69, 9.17) is 4.74 Å². The molecule has 27 heavy (non-hydrogen) atoms. The Hall–Kier alpha value is -3.54. The van der Waals surface area contributed by atoms with Gasteiger partial charge in [-0.05, 0) is 73.5 Å². The molecule has 0 spiro atoms. The van der Waals surface area contributed by atoms with E-state index in [1.165, 1.54) is 0 Å². The van der Waals surface area contributed by atoms with E-state index in [-0.39, 0.29) is 6.03 Å². The van der Waals surface area contributed by atoms with Crippen LogP contribution in [-0.2, 0) is 0 Å². The van der Waals surface area contributed by atoms with Gasteiger partial charge < -0.3 is 14.6 Å². The van der Waals surface area contributed by atoms with Crippen molar-refractivity contribution in [2.75, 3.05) is 12.4 Å². The molecule has 6 heteroatoms. The SMILES string of the molecule is COc1ccc(-n2cccc2/C=N/NC(=O)Nc2cc(C)cc(C)c2)cc1. The molecular formula is C21H22N4O2. The number of hydrazone groups is 1. The molecule has 6 nitrogen and oxygen atoms in total. The predicted molar refractivity (Wildman–Crippen MR) is 108 cm³/mol. The highest BCUT2D eigenvalue weighted by Gasteiger charge is 2.03. The number of amides is 2. The quantitative estimate of drug-likeness (QED) is 0.526. The van der Waals surface area contributed by atoms with Gasteiger partial charge in [0, 0.05) is 17.6 Å². The number of hydrogen-bond acceptors (Lipinski definition) is 3. The number of nitrogens with zero attached hydrogens (tertiary/aromatic N) is 2. The number of methoxy groups -OCH3 is 1. The Balaban J connectivity index is 1.64. The summed E-state index contributed by atoms with van der Waals surface area (Å²) in [5.41, 5.74) is 7.22. The molecule has 2 amide bonds. The van der Waals surface area contributed by atoms with E-state index >= 15 is 0 Å². The smallest absolute Gasteiger partial charge is 0.339 e. The van der Waals surface area contributed by atoms with Crippen LogP contribution in [0.3, 0.4) is 0 Å². The third-order valence-corrected chi connectivity index (χ3v) is 3.97. The van der Waals surface area contributed by atoms with Gasteiger partial charge in [-0.2, -0.15) is 5.10 Å². The van der Waals surface area contributed by atoms with Crippen LogP contribution in [0.2, 0.25) is 0 Å². The molecule has 1 heterocycles. The minimum atomic E-state index is -0.390. The number of urea groups is 1. The first kappa shape index (κ1) is 18.3. The lowest BCUT2D eigenvalue weighted by molar-refractivity contribution is 0.252. The number of carbonyl (C=O) groups is 1. The van der Waals surface area contributed by atoms with E-state index in [1.807, 2.05) is 73.1 Å². The van der Waals surface area contributed by atoms with Gasteiger partial charge in [-0.25, -0.2) is 10.2 Å². The summed E-state index contributed by atoms with van der Waals surface area (Å²) in [7, 11) is 1.64. The summed E-state index contributed by atoms with van der Waals surface area (Å²) in [6.45, 7) is 3.98. The molecule has 0 bridgehead atoms. The number of rotatable bonds is 5. The highest BCUT2D eigenvalue weighted by Crippen LogP contribution is 2.17. The first-order valence-electron chi connectivity index (χ1n) is 8.55. The Morgan fingerprint density at radius 2 is 1.78 bits per heavy atom. The topological polar surface area (TPSA) is 67.6 Å². The van der Waals surface area contributed by atoms with Gasteiger partial charge in [0.15, 0.2) is 0 Å². The second-order valence-corrected chi connectivity index (χ2v) is 6.20. The molecule has 3 aromatic rings. The van der Waals surface area contributed by atoms with Crippen LogP contribution in [0.5, 0.6) is 5.75 Å². The fourth-order valence-electron chi connectivity index (χ4n) is 2.84. The maximum Gasteiger partial charge on any atom is 0.339 e. The lowest BCUT2D eigenvalue weighted by atomic mass is 10.1. The van der Waals surface area contributed by atoms with Crippen LogP contribution in [0.4, 0.5) is 10.5 Å². The maximum absolute atomic E-state index is 12.0. The molecule has 3 rings (SSSR count). The second kappa shape index (κ2) is 8.23. The highest BCUT2D eigenvalue weighted by molar-refractivity contribution is 5.90. The summed E-state index contributed by atoms with van der Waals surface area (Å²) < 4.78 is 7.15. The zero-order chi connectivity index (χ0) is 19.2. The highest BCUT2D eigenvalue weighted by atomic mass is 16.5. The summed E-state index contributed by atoms with van der Waals surface area (Å²) in [6, 6.07) is 17.0. The second-order valence-electron chi connectivity index (χ2n) is 6.20. The van der Waals surface area contributed by atoms with Crippen molar-refractivity contribution in [2.45, 2.75) is 13.8 Å².